The molecule has 1 aliphatic rings. The highest BCUT2D eigenvalue weighted by Crippen LogP contribution is 2.20. The van der Waals surface area contributed by atoms with Gasteiger partial charge in [0.2, 0.25) is 0 Å². The van der Waals surface area contributed by atoms with E-state index in [2.05, 4.69) is 10.6 Å². The van der Waals surface area contributed by atoms with E-state index in [9.17, 15) is 4.79 Å². The number of ketones is 1. The summed E-state index contributed by atoms with van der Waals surface area (Å²) < 4.78 is 16.6. The quantitative estimate of drug-likeness (QED) is 0.497. The van der Waals surface area contributed by atoms with Crippen molar-refractivity contribution in [3.8, 4) is 5.75 Å². The molecule has 0 aromatic heterocycles. The van der Waals surface area contributed by atoms with Crippen molar-refractivity contribution in [1.82, 2.24) is 4.90 Å². The average molecular weight is 381 g/mol. The Labute approximate surface area is 164 Å². The lowest BCUT2D eigenvalue weighted by molar-refractivity contribution is 0.0424. The Kier molecular flexibility index (Phi) is 11.9. The second-order valence-electron chi connectivity index (χ2n) is 6.81. The van der Waals surface area contributed by atoms with E-state index in [1.807, 2.05) is 38.1 Å². The van der Waals surface area contributed by atoms with Crippen molar-refractivity contribution in [2.75, 3.05) is 53.6 Å². The van der Waals surface area contributed by atoms with Crippen LogP contribution in [0.25, 0.3) is 0 Å². The highest BCUT2D eigenvalue weighted by molar-refractivity contribution is 5.97. The molecule has 1 fully saturated rings. The van der Waals surface area contributed by atoms with E-state index in [0.29, 0.717) is 13.2 Å². The van der Waals surface area contributed by atoms with Gasteiger partial charge < -0.3 is 24.8 Å². The molecule has 0 spiro atoms. The molecular formula is C21H36N2O4. The zero-order chi connectivity index (χ0) is 20.1. The van der Waals surface area contributed by atoms with E-state index in [4.69, 9.17) is 14.2 Å². The van der Waals surface area contributed by atoms with Crippen LogP contribution in [0.2, 0.25) is 0 Å². The van der Waals surface area contributed by atoms with Crippen LogP contribution in [0.4, 0.5) is 0 Å². The van der Waals surface area contributed by atoms with Crippen LogP contribution in [0, 0.1) is 5.92 Å². The maximum absolute atomic E-state index is 12.0. The summed E-state index contributed by atoms with van der Waals surface area (Å²) >= 11 is 0. The summed E-state index contributed by atoms with van der Waals surface area (Å²) in [7, 11) is 3.18. The maximum atomic E-state index is 12.0. The van der Waals surface area contributed by atoms with Crippen LogP contribution < -0.4 is 10.5 Å². The van der Waals surface area contributed by atoms with E-state index >= 15 is 0 Å². The Hall–Kier alpha value is -1.47. The number of piperidine rings is 1. The van der Waals surface area contributed by atoms with E-state index < -0.39 is 0 Å². The monoisotopic (exact) mass is 380 g/mol. The molecule has 27 heavy (non-hydrogen) atoms. The van der Waals surface area contributed by atoms with Crippen LogP contribution in [-0.2, 0) is 9.47 Å². The third-order valence-corrected chi connectivity index (χ3v) is 4.48. The molecule has 6 nitrogen and oxygen atoms in total. The minimum absolute atomic E-state index is 0.0228. The van der Waals surface area contributed by atoms with E-state index in [-0.39, 0.29) is 17.8 Å². The number of benzene rings is 1. The molecule has 0 saturated carbocycles. The summed E-state index contributed by atoms with van der Waals surface area (Å²) in [6.45, 7) is 8.92. The third-order valence-electron chi connectivity index (χ3n) is 4.48. The van der Waals surface area contributed by atoms with Gasteiger partial charge in [-0.2, -0.15) is 0 Å². The topological polar surface area (TPSA) is 74.0 Å². The number of Topliss-reactive ketones (excluding diaryl/α,β-unsaturated/α-hetero) is 1. The first kappa shape index (κ1) is 23.6. The minimum atomic E-state index is 0.0228. The molecule has 2 N–H and O–H groups in total. The molecule has 0 aliphatic carbocycles. The first-order valence-corrected chi connectivity index (χ1v) is 9.78. The number of carbonyl (C=O) groups is 1. The molecule has 1 aromatic carbocycles. The minimum Gasteiger partial charge on any atom is -0.490 e. The number of ether oxygens (including phenoxy) is 3. The highest BCUT2D eigenvalue weighted by atomic mass is 16.5. The number of nitrogens with two attached hydrogens (primary N) is 1. The maximum Gasteiger partial charge on any atom is 0.165 e. The number of methoxy groups -OCH3 is 1. The molecule has 0 unspecified atom stereocenters. The van der Waals surface area contributed by atoms with Gasteiger partial charge in [-0.15, -0.1) is 0 Å². The van der Waals surface area contributed by atoms with Crippen molar-refractivity contribution in [2.24, 2.45) is 11.7 Å². The Morgan fingerprint density at radius 2 is 1.74 bits per heavy atom. The summed E-state index contributed by atoms with van der Waals surface area (Å²) in [5.74, 6) is 1.05. The number of nitrogens with zero attached hydrogens (tertiary/aromatic N) is 1. The van der Waals surface area contributed by atoms with Gasteiger partial charge in [0.1, 0.15) is 11.9 Å². The summed E-state index contributed by atoms with van der Waals surface area (Å²) in [6.07, 6.45) is 2.28. The molecule has 1 heterocycles. The van der Waals surface area contributed by atoms with Gasteiger partial charge in [-0.1, -0.05) is 13.8 Å². The standard InChI is InChI=1S/C20H31NO4.CH5N/c1-16(2)20(22)17-4-6-18(7-5-17)25-19-8-10-21(11-9-19)12-13-24-15-14-23-3;1-2/h4-7,16,19H,8-15H2,1-3H3;2H2,1H3. The molecule has 0 bridgehead atoms. The van der Waals surface area contributed by atoms with Gasteiger partial charge >= 0.3 is 0 Å². The van der Waals surface area contributed by atoms with Gasteiger partial charge in [0.25, 0.3) is 0 Å². The van der Waals surface area contributed by atoms with Gasteiger partial charge in [-0.3, -0.25) is 4.79 Å². The fourth-order valence-corrected chi connectivity index (χ4v) is 2.91. The summed E-state index contributed by atoms with van der Waals surface area (Å²) in [5, 5.41) is 0. The number of likely N-dealkylation sites (tertiary alicyclic amines) is 1. The lowest BCUT2D eigenvalue weighted by atomic mass is 10.0. The lowest BCUT2D eigenvalue weighted by Crippen LogP contribution is -2.39. The second kappa shape index (κ2) is 13.7. The van der Waals surface area contributed by atoms with E-state index in [1.54, 1.807) is 7.11 Å². The zero-order valence-corrected chi connectivity index (χ0v) is 17.3. The molecule has 2 rings (SSSR count). The number of hydrogen-bond acceptors (Lipinski definition) is 6. The first-order valence-electron chi connectivity index (χ1n) is 9.78. The van der Waals surface area contributed by atoms with Crippen molar-refractivity contribution >= 4 is 5.78 Å². The van der Waals surface area contributed by atoms with Crippen LogP contribution >= 0.6 is 0 Å². The van der Waals surface area contributed by atoms with Crippen molar-refractivity contribution in [1.29, 1.82) is 0 Å². The van der Waals surface area contributed by atoms with E-state index in [0.717, 1.165) is 50.4 Å². The van der Waals surface area contributed by atoms with Crippen LogP contribution in [0.3, 0.4) is 0 Å². The molecule has 0 radical (unpaired) electrons. The van der Waals surface area contributed by atoms with Crippen LogP contribution in [0.1, 0.15) is 37.0 Å². The van der Waals surface area contributed by atoms with Gasteiger partial charge in [0.15, 0.2) is 5.78 Å². The average Bonchev–Trinajstić information content (AvgIpc) is 2.70. The van der Waals surface area contributed by atoms with Crippen molar-refractivity contribution < 1.29 is 19.0 Å². The zero-order valence-electron chi connectivity index (χ0n) is 17.3. The normalized spacial score (nSPS) is 15.3. The number of hydrogen-bond donors (Lipinski definition) is 1. The highest BCUT2D eigenvalue weighted by Gasteiger charge is 2.20. The molecule has 1 saturated heterocycles. The lowest BCUT2D eigenvalue weighted by Gasteiger charge is -2.32. The van der Waals surface area contributed by atoms with Gasteiger partial charge in [0, 0.05) is 38.2 Å². The van der Waals surface area contributed by atoms with E-state index in [1.165, 1.54) is 7.05 Å². The number of rotatable bonds is 10. The summed E-state index contributed by atoms with van der Waals surface area (Å²) in [5.41, 5.74) is 5.26. The van der Waals surface area contributed by atoms with Crippen LogP contribution in [0.5, 0.6) is 5.75 Å². The van der Waals surface area contributed by atoms with Crippen LogP contribution in [0.15, 0.2) is 24.3 Å². The Balaban J connectivity index is 0.00000176. The predicted octanol–water partition coefficient (Wildman–Crippen LogP) is 2.61. The predicted molar refractivity (Wildman–Crippen MR) is 109 cm³/mol. The molecule has 0 atom stereocenters. The molecule has 6 heteroatoms. The largest absolute Gasteiger partial charge is 0.490 e. The van der Waals surface area contributed by atoms with Crippen molar-refractivity contribution in [3.63, 3.8) is 0 Å². The first-order chi connectivity index (χ1) is 13.1. The van der Waals surface area contributed by atoms with Crippen LogP contribution in [-0.4, -0.2) is 70.4 Å². The summed E-state index contributed by atoms with van der Waals surface area (Å²) in [4.78, 5) is 14.4. The molecule has 154 valence electrons. The van der Waals surface area contributed by atoms with Crippen molar-refractivity contribution in [3.05, 3.63) is 29.8 Å². The Bertz CT molecular complexity index is 511. The van der Waals surface area contributed by atoms with Crippen molar-refractivity contribution in [2.45, 2.75) is 32.8 Å². The number of carbonyl (C=O) groups excluding carboxylic acids is 1. The molecule has 1 aromatic rings. The van der Waals surface area contributed by atoms with Gasteiger partial charge in [0.05, 0.1) is 19.8 Å². The Morgan fingerprint density at radius 3 is 2.30 bits per heavy atom. The summed E-state index contributed by atoms with van der Waals surface area (Å²) in [6, 6.07) is 7.55. The Morgan fingerprint density at radius 1 is 1.11 bits per heavy atom. The molecular weight excluding hydrogens is 344 g/mol. The smallest absolute Gasteiger partial charge is 0.165 e. The molecule has 0 amide bonds. The van der Waals surface area contributed by atoms with Gasteiger partial charge in [-0.05, 0) is 44.2 Å². The molecule has 1 aliphatic heterocycles. The SMILES string of the molecule is CN.COCCOCCN1CCC(Oc2ccc(C(=O)C(C)C)cc2)CC1. The third kappa shape index (κ3) is 8.84. The fraction of sp³-hybridized carbons (Fsp3) is 0.667. The second-order valence-corrected chi connectivity index (χ2v) is 6.81. The fourth-order valence-electron chi connectivity index (χ4n) is 2.91. The van der Waals surface area contributed by atoms with Gasteiger partial charge in [-0.25, -0.2) is 0 Å².